The number of aromatic nitrogens is 2. The Bertz CT molecular complexity index is 538. The molecule has 18 heavy (non-hydrogen) atoms. The first kappa shape index (κ1) is 13.1. The number of hydrogen-bond donors (Lipinski definition) is 0. The zero-order valence-corrected chi connectivity index (χ0v) is 11.8. The maximum absolute atomic E-state index is 6.01. The van der Waals surface area contributed by atoms with Gasteiger partial charge in [-0.15, -0.1) is 0 Å². The molecule has 0 unspecified atom stereocenters. The van der Waals surface area contributed by atoms with E-state index in [0.717, 1.165) is 29.6 Å². The van der Waals surface area contributed by atoms with E-state index < -0.39 is 0 Å². The molecule has 0 bridgehead atoms. The summed E-state index contributed by atoms with van der Waals surface area (Å²) in [6, 6.07) is 8.45. The van der Waals surface area contributed by atoms with Gasteiger partial charge in [-0.05, 0) is 36.6 Å². The van der Waals surface area contributed by atoms with E-state index in [9.17, 15) is 0 Å². The van der Waals surface area contributed by atoms with E-state index in [4.69, 9.17) is 11.6 Å². The van der Waals surface area contributed by atoms with Gasteiger partial charge in [-0.1, -0.05) is 26.0 Å². The second-order valence-electron chi connectivity index (χ2n) is 4.41. The Morgan fingerprint density at radius 3 is 2.50 bits per heavy atom. The van der Waals surface area contributed by atoms with E-state index >= 15 is 0 Å². The van der Waals surface area contributed by atoms with Gasteiger partial charge in [0.25, 0.3) is 0 Å². The average Bonchev–Trinajstić information content (AvgIpc) is 2.39. The van der Waals surface area contributed by atoms with Crippen molar-refractivity contribution in [2.75, 3.05) is 11.9 Å². The third-order valence-corrected chi connectivity index (χ3v) is 3.55. The van der Waals surface area contributed by atoms with Crippen molar-refractivity contribution in [3.63, 3.8) is 0 Å². The lowest BCUT2D eigenvalue weighted by Gasteiger charge is -2.28. The van der Waals surface area contributed by atoms with Crippen LogP contribution in [0.3, 0.4) is 0 Å². The average molecular weight is 264 g/mol. The van der Waals surface area contributed by atoms with Crippen molar-refractivity contribution in [2.24, 2.45) is 0 Å². The van der Waals surface area contributed by atoms with Gasteiger partial charge >= 0.3 is 0 Å². The Labute approximate surface area is 113 Å². The van der Waals surface area contributed by atoms with E-state index in [1.807, 2.05) is 24.3 Å². The summed E-state index contributed by atoms with van der Waals surface area (Å²) in [5.74, 6) is 0.916. The van der Waals surface area contributed by atoms with Crippen LogP contribution < -0.4 is 4.90 Å². The fraction of sp³-hybridized carbons (Fsp3) is 0.429. The molecule has 0 N–H and O–H groups in total. The minimum Gasteiger partial charge on any atom is -0.356 e. The highest BCUT2D eigenvalue weighted by Gasteiger charge is 2.16. The molecule has 0 spiro atoms. The van der Waals surface area contributed by atoms with Crippen molar-refractivity contribution in [3.05, 3.63) is 29.5 Å². The molecule has 1 aromatic carbocycles. The number of benzene rings is 1. The van der Waals surface area contributed by atoms with Gasteiger partial charge in [0.05, 0.1) is 5.52 Å². The summed E-state index contributed by atoms with van der Waals surface area (Å²) in [4.78, 5) is 10.9. The van der Waals surface area contributed by atoms with Gasteiger partial charge in [0.2, 0.25) is 5.28 Å². The molecule has 0 radical (unpaired) electrons. The molecule has 2 rings (SSSR count). The van der Waals surface area contributed by atoms with Gasteiger partial charge in [-0.3, -0.25) is 0 Å². The number of fused-ring (bicyclic) bond motifs is 1. The van der Waals surface area contributed by atoms with Gasteiger partial charge in [-0.25, -0.2) is 4.98 Å². The Morgan fingerprint density at radius 2 is 1.83 bits per heavy atom. The van der Waals surface area contributed by atoms with Crippen molar-refractivity contribution >= 4 is 28.3 Å². The molecule has 0 saturated heterocycles. The molecule has 96 valence electrons. The maximum Gasteiger partial charge on any atom is 0.224 e. The molecule has 1 heterocycles. The van der Waals surface area contributed by atoms with Crippen molar-refractivity contribution in [1.29, 1.82) is 0 Å². The summed E-state index contributed by atoms with van der Waals surface area (Å²) in [5.41, 5.74) is 0.894. The molecule has 4 heteroatoms. The molecule has 2 aromatic rings. The Kier molecular flexibility index (Phi) is 4.02. The van der Waals surface area contributed by atoms with Crippen LogP contribution in [0, 0.1) is 0 Å². The standard InChI is InChI=1S/C14H18ClN3/c1-4-10(5-2)18(3)13-11-8-6-7-9-12(11)16-14(15)17-13/h6-10H,4-5H2,1-3H3. The maximum atomic E-state index is 6.01. The van der Waals surface area contributed by atoms with Gasteiger partial charge in [0.15, 0.2) is 0 Å². The second-order valence-corrected chi connectivity index (χ2v) is 4.75. The number of nitrogens with zero attached hydrogens (tertiary/aromatic N) is 3. The smallest absolute Gasteiger partial charge is 0.224 e. The molecule has 0 aliphatic heterocycles. The SMILES string of the molecule is CCC(CC)N(C)c1nc(Cl)nc2ccccc12. The highest BCUT2D eigenvalue weighted by atomic mass is 35.5. The van der Waals surface area contributed by atoms with Gasteiger partial charge in [0, 0.05) is 18.5 Å². The highest BCUT2D eigenvalue weighted by molar-refractivity contribution is 6.28. The number of anilines is 1. The molecular weight excluding hydrogens is 246 g/mol. The zero-order chi connectivity index (χ0) is 13.1. The van der Waals surface area contributed by atoms with E-state index in [2.05, 4.69) is 35.8 Å². The number of halogens is 1. The molecule has 0 amide bonds. The molecule has 0 aliphatic carbocycles. The molecule has 0 atom stereocenters. The first-order valence-corrected chi connectivity index (χ1v) is 6.70. The van der Waals surface area contributed by atoms with Crippen LogP contribution in [0.15, 0.2) is 24.3 Å². The highest BCUT2D eigenvalue weighted by Crippen LogP contribution is 2.26. The normalized spacial score (nSPS) is 11.2. The first-order valence-electron chi connectivity index (χ1n) is 6.32. The Balaban J connectivity index is 2.55. The van der Waals surface area contributed by atoms with Gasteiger partial charge < -0.3 is 4.90 Å². The molecule has 1 aromatic heterocycles. The predicted molar refractivity (Wildman–Crippen MR) is 77.3 cm³/mol. The summed E-state index contributed by atoms with van der Waals surface area (Å²) in [5, 5.41) is 1.36. The van der Waals surface area contributed by atoms with Crippen LogP contribution in [-0.2, 0) is 0 Å². The first-order chi connectivity index (χ1) is 8.67. The van der Waals surface area contributed by atoms with Crippen LogP contribution in [0.4, 0.5) is 5.82 Å². The summed E-state index contributed by atoms with van der Waals surface area (Å²) in [6.45, 7) is 4.38. The Hall–Kier alpha value is -1.35. The quantitative estimate of drug-likeness (QED) is 0.783. The van der Waals surface area contributed by atoms with Crippen LogP contribution >= 0.6 is 11.6 Å². The van der Waals surface area contributed by atoms with Crippen molar-refractivity contribution < 1.29 is 0 Å². The van der Waals surface area contributed by atoms with Crippen LogP contribution in [0.25, 0.3) is 10.9 Å². The third-order valence-electron chi connectivity index (χ3n) is 3.38. The molecular formula is C14H18ClN3. The molecule has 0 aliphatic rings. The number of para-hydroxylation sites is 1. The van der Waals surface area contributed by atoms with Crippen molar-refractivity contribution in [3.8, 4) is 0 Å². The van der Waals surface area contributed by atoms with Crippen LogP contribution in [0.2, 0.25) is 5.28 Å². The fourth-order valence-electron chi connectivity index (χ4n) is 2.31. The molecule has 3 nitrogen and oxygen atoms in total. The summed E-state index contributed by atoms with van der Waals surface area (Å²) in [6.07, 6.45) is 2.17. The minimum absolute atomic E-state index is 0.307. The Morgan fingerprint density at radius 1 is 1.17 bits per heavy atom. The summed E-state index contributed by atoms with van der Waals surface area (Å²) in [7, 11) is 2.07. The van der Waals surface area contributed by atoms with Crippen molar-refractivity contribution in [2.45, 2.75) is 32.7 Å². The van der Waals surface area contributed by atoms with Gasteiger partial charge in [0.1, 0.15) is 5.82 Å². The van der Waals surface area contributed by atoms with Gasteiger partial charge in [-0.2, -0.15) is 4.98 Å². The largest absolute Gasteiger partial charge is 0.356 e. The van der Waals surface area contributed by atoms with E-state index in [1.165, 1.54) is 0 Å². The zero-order valence-electron chi connectivity index (χ0n) is 11.0. The van der Waals surface area contributed by atoms with Crippen LogP contribution in [0.5, 0.6) is 0 Å². The van der Waals surface area contributed by atoms with Crippen LogP contribution in [-0.4, -0.2) is 23.1 Å². The fourth-order valence-corrected chi connectivity index (χ4v) is 2.48. The second kappa shape index (κ2) is 5.53. The van der Waals surface area contributed by atoms with E-state index in [1.54, 1.807) is 0 Å². The third kappa shape index (κ3) is 2.41. The van der Waals surface area contributed by atoms with E-state index in [-0.39, 0.29) is 0 Å². The predicted octanol–water partition coefficient (Wildman–Crippen LogP) is 3.91. The monoisotopic (exact) mass is 263 g/mol. The lowest BCUT2D eigenvalue weighted by atomic mass is 10.1. The lowest BCUT2D eigenvalue weighted by molar-refractivity contribution is 0.588. The number of rotatable bonds is 4. The molecule has 0 fully saturated rings. The lowest BCUT2D eigenvalue weighted by Crippen LogP contribution is -2.31. The van der Waals surface area contributed by atoms with Crippen LogP contribution in [0.1, 0.15) is 26.7 Å². The van der Waals surface area contributed by atoms with E-state index in [0.29, 0.717) is 11.3 Å². The minimum atomic E-state index is 0.307. The number of hydrogen-bond acceptors (Lipinski definition) is 3. The summed E-state index contributed by atoms with van der Waals surface area (Å²) < 4.78 is 0. The topological polar surface area (TPSA) is 29.0 Å². The molecule has 0 saturated carbocycles. The summed E-state index contributed by atoms with van der Waals surface area (Å²) >= 11 is 6.01. The van der Waals surface area contributed by atoms with Crippen molar-refractivity contribution in [1.82, 2.24) is 9.97 Å².